The first kappa shape index (κ1) is 17.1. The van der Waals surface area contributed by atoms with Crippen molar-refractivity contribution in [3.63, 3.8) is 0 Å². The van der Waals surface area contributed by atoms with Gasteiger partial charge in [-0.15, -0.1) is 0 Å². The standard InChI is InChI=1S/C17H23NO5/c1-11(2)9-13(17(20)21)18-16(19)6-4-12-3-5-14-15(10-12)23-8-7-22-14/h3,5,10-11,13H,4,6-9H2,1-2H3,(H,18,19)(H,20,21). The molecule has 1 aromatic rings. The van der Waals surface area contributed by atoms with E-state index in [1.165, 1.54) is 0 Å². The molecule has 0 radical (unpaired) electrons. The SMILES string of the molecule is CC(C)CC(NC(=O)CCc1ccc2c(c1)OCCO2)C(=O)O. The number of carboxylic acids is 1. The molecule has 1 aliphatic rings. The van der Waals surface area contributed by atoms with Crippen LogP contribution in [0.25, 0.3) is 0 Å². The number of amides is 1. The number of carbonyl (C=O) groups excluding carboxylic acids is 1. The number of carboxylic acid groups (broad SMARTS) is 1. The van der Waals surface area contributed by atoms with Crippen LogP contribution in [0.15, 0.2) is 18.2 Å². The molecule has 0 saturated carbocycles. The van der Waals surface area contributed by atoms with Gasteiger partial charge in [-0.05, 0) is 36.5 Å². The molecule has 1 amide bonds. The van der Waals surface area contributed by atoms with Gasteiger partial charge in [0.05, 0.1) is 0 Å². The summed E-state index contributed by atoms with van der Waals surface area (Å²) in [5, 5.41) is 11.7. The van der Waals surface area contributed by atoms with Crippen LogP contribution in [-0.4, -0.2) is 36.2 Å². The Morgan fingerprint density at radius 3 is 2.57 bits per heavy atom. The number of rotatable bonds is 7. The lowest BCUT2D eigenvalue weighted by molar-refractivity contribution is -0.142. The maximum atomic E-state index is 12.0. The topological polar surface area (TPSA) is 84.9 Å². The molecule has 0 aliphatic carbocycles. The van der Waals surface area contributed by atoms with Gasteiger partial charge in [0.2, 0.25) is 5.91 Å². The Kier molecular flexibility index (Phi) is 5.84. The van der Waals surface area contributed by atoms with Crippen molar-refractivity contribution in [2.24, 2.45) is 5.92 Å². The second-order valence-corrected chi connectivity index (χ2v) is 6.07. The van der Waals surface area contributed by atoms with Crippen LogP contribution in [0.3, 0.4) is 0 Å². The molecule has 1 heterocycles. The Hall–Kier alpha value is -2.24. The van der Waals surface area contributed by atoms with Crippen molar-refractivity contribution in [3.05, 3.63) is 23.8 Å². The molecule has 0 spiro atoms. The fourth-order valence-electron chi connectivity index (χ4n) is 2.46. The van der Waals surface area contributed by atoms with E-state index in [0.29, 0.717) is 37.6 Å². The summed E-state index contributed by atoms with van der Waals surface area (Å²) in [7, 11) is 0. The normalized spacial score (nSPS) is 14.4. The molecule has 1 aromatic carbocycles. The van der Waals surface area contributed by atoms with E-state index in [0.717, 1.165) is 5.56 Å². The van der Waals surface area contributed by atoms with E-state index in [1.54, 1.807) is 0 Å². The van der Waals surface area contributed by atoms with Crippen LogP contribution in [0.1, 0.15) is 32.3 Å². The van der Waals surface area contributed by atoms with Gasteiger partial charge in [0.1, 0.15) is 19.3 Å². The molecule has 2 rings (SSSR count). The van der Waals surface area contributed by atoms with Gasteiger partial charge in [-0.1, -0.05) is 19.9 Å². The molecule has 2 N–H and O–H groups in total. The quantitative estimate of drug-likeness (QED) is 0.802. The minimum Gasteiger partial charge on any atom is -0.486 e. The number of aliphatic carboxylic acids is 1. The molecule has 6 heteroatoms. The number of hydrogen-bond acceptors (Lipinski definition) is 4. The number of nitrogens with one attached hydrogen (secondary N) is 1. The number of benzene rings is 1. The van der Waals surface area contributed by atoms with E-state index in [-0.39, 0.29) is 18.2 Å². The first-order valence-corrected chi connectivity index (χ1v) is 7.86. The summed E-state index contributed by atoms with van der Waals surface area (Å²) < 4.78 is 11.0. The van der Waals surface area contributed by atoms with Gasteiger partial charge < -0.3 is 19.9 Å². The van der Waals surface area contributed by atoms with Crippen LogP contribution in [-0.2, 0) is 16.0 Å². The molecular formula is C17H23NO5. The molecule has 0 fully saturated rings. The van der Waals surface area contributed by atoms with E-state index in [2.05, 4.69) is 5.32 Å². The van der Waals surface area contributed by atoms with Crippen LogP contribution in [0.5, 0.6) is 11.5 Å². The van der Waals surface area contributed by atoms with Crippen molar-refractivity contribution in [1.82, 2.24) is 5.32 Å². The van der Waals surface area contributed by atoms with E-state index in [1.807, 2.05) is 32.0 Å². The molecule has 1 unspecified atom stereocenters. The number of aryl methyl sites for hydroxylation is 1. The van der Waals surface area contributed by atoms with Crippen molar-refractivity contribution in [2.75, 3.05) is 13.2 Å². The molecule has 1 atom stereocenters. The molecule has 0 aromatic heterocycles. The van der Waals surface area contributed by atoms with Gasteiger partial charge in [0.15, 0.2) is 11.5 Å². The first-order valence-electron chi connectivity index (χ1n) is 7.86. The highest BCUT2D eigenvalue weighted by molar-refractivity contribution is 5.83. The van der Waals surface area contributed by atoms with E-state index < -0.39 is 12.0 Å². The van der Waals surface area contributed by atoms with Gasteiger partial charge >= 0.3 is 5.97 Å². The van der Waals surface area contributed by atoms with Gasteiger partial charge in [0, 0.05) is 6.42 Å². The number of fused-ring (bicyclic) bond motifs is 1. The lowest BCUT2D eigenvalue weighted by Gasteiger charge is -2.19. The summed E-state index contributed by atoms with van der Waals surface area (Å²) in [6.07, 6.45) is 1.18. The highest BCUT2D eigenvalue weighted by atomic mass is 16.6. The Labute approximate surface area is 135 Å². The minimum atomic E-state index is -0.994. The second kappa shape index (κ2) is 7.85. The fraction of sp³-hybridized carbons (Fsp3) is 0.529. The summed E-state index contributed by atoms with van der Waals surface area (Å²) in [6, 6.07) is 4.76. The van der Waals surface area contributed by atoms with E-state index >= 15 is 0 Å². The molecule has 126 valence electrons. The average Bonchev–Trinajstić information content (AvgIpc) is 2.51. The van der Waals surface area contributed by atoms with E-state index in [4.69, 9.17) is 14.6 Å². The van der Waals surface area contributed by atoms with Crippen LogP contribution >= 0.6 is 0 Å². The third-order valence-corrected chi connectivity index (χ3v) is 3.59. The molecule has 1 aliphatic heterocycles. The van der Waals surface area contributed by atoms with Crippen molar-refractivity contribution < 1.29 is 24.2 Å². The summed E-state index contributed by atoms with van der Waals surface area (Å²) >= 11 is 0. The summed E-state index contributed by atoms with van der Waals surface area (Å²) in [6.45, 7) is 4.92. The van der Waals surface area contributed by atoms with Crippen LogP contribution < -0.4 is 14.8 Å². The zero-order valence-corrected chi connectivity index (χ0v) is 13.5. The lowest BCUT2D eigenvalue weighted by Crippen LogP contribution is -2.41. The smallest absolute Gasteiger partial charge is 0.326 e. The molecule has 0 saturated heterocycles. The Balaban J connectivity index is 1.87. The van der Waals surface area contributed by atoms with Gasteiger partial charge in [-0.3, -0.25) is 4.79 Å². The molecule has 23 heavy (non-hydrogen) atoms. The third kappa shape index (κ3) is 5.16. The predicted octanol–water partition coefficient (Wildman–Crippen LogP) is 2.01. The van der Waals surface area contributed by atoms with Crippen molar-refractivity contribution in [1.29, 1.82) is 0 Å². The maximum absolute atomic E-state index is 12.0. The zero-order valence-electron chi connectivity index (χ0n) is 13.5. The largest absolute Gasteiger partial charge is 0.486 e. The second-order valence-electron chi connectivity index (χ2n) is 6.07. The molecule has 0 bridgehead atoms. The lowest BCUT2D eigenvalue weighted by atomic mass is 10.0. The Bertz CT molecular complexity index is 570. The Morgan fingerprint density at radius 2 is 1.91 bits per heavy atom. The third-order valence-electron chi connectivity index (χ3n) is 3.59. The number of hydrogen-bond donors (Lipinski definition) is 2. The monoisotopic (exact) mass is 321 g/mol. The minimum absolute atomic E-state index is 0.203. The fourth-order valence-corrected chi connectivity index (χ4v) is 2.46. The van der Waals surface area contributed by atoms with Crippen LogP contribution in [0.2, 0.25) is 0 Å². The maximum Gasteiger partial charge on any atom is 0.326 e. The zero-order chi connectivity index (χ0) is 16.8. The average molecular weight is 321 g/mol. The van der Waals surface area contributed by atoms with Crippen molar-refractivity contribution in [2.45, 2.75) is 39.2 Å². The Morgan fingerprint density at radius 1 is 1.22 bits per heavy atom. The number of ether oxygens (including phenoxy) is 2. The number of carbonyl (C=O) groups is 2. The summed E-state index contributed by atoms with van der Waals surface area (Å²) in [5.41, 5.74) is 0.958. The summed E-state index contributed by atoms with van der Waals surface area (Å²) in [5.74, 6) is 0.359. The van der Waals surface area contributed by atoms with Crippen molar-refractivity contribution >= 4 is 11.9 Å². The highest BCUT2D eigenvalue weighted by Crippen LogP contribution is 2.31. The van der Waals surface area contributed by atoms with Crippen molar-refractivity contribution in [3.8, 4) is 11.5 Å². The van der Waals surface area contributed by atoms with Crippen LogP contribution in [0.4, 0.5) is 0 Å². The van der Waals surface area contributed by atoms with Crippen LogP contribution in [0, 0.1) is 5.92 Å². The molecular weight excluding hydrogens is 298 g/mol. The first-order chi connectivity index (χ1) is 11.0. The van der Waals surface area contributed by atoms with Gasteiger partial charge in [-0.2, -0.15) is 0 Å². The summed E-state index contributed by atoms with van der Waals surface area (Å²) in [4.78, 5) is 23.1. The van der Waals surface area contributed by atoms with E-state index in [9.17, 15) is 9.59 Å². The molecule has 6 nitrogen and oxygen atoms in total. The van der Waals surface area contributed by atoms with Gasteiger partial charge in [-0.25, -0.2) is 4.79 Å². The van der Waals surface area contributed by atoms with Gasteiger partial charge in [0.25, 0.3) is 0 Å². The highest BCUT2D eigenvalue weighted by Gasteiger charge is 2.21. The predicted molar refractivity (Wildman–Crippen MR) is 84.8 cm³/mol.